The average Bonchev–Trinajstić information content (AvgIpc) is 2.58. The molecule has 0 aromatic carbocycles. The fourth-order valence-corrected chi connectivity index (χ4v) is 2.10. The van der Waals surface area contributed by atoms with Crippen LogP contribution in [0.3, 0.4) is 0 Å². The third kappa shape index (κ3) is 2.45. The van der Waals surface area contributed by atoms with Crippen LogP contribution in [-0.2, 0) is 4.79 Å². The third-order valence-corrected chi connectivity index (χ3v) is 3.91. The fraction of sp³-hybridized carbons (Fsp3) is 0.909. The monoisotopic (exact) mass is 233 g/mol. The van der Waals surface area contributed by atoms with Crippen LogP contribution in [0.25, 0.3) is 0 Å². The van der Waals surface area contributed by atoms with Crippen LogP contribution in [0.4, 0.5) is 0 Å². The van der Waals surface area contributed by atoms with Gasteiger partial charge in [-0.2, -0.15) is 0 Å². The molecule has 15 heavy (non-hydrogen) atoms. The first-order valence-corrected chi connectivity index (χ1v) is 5.95. The molecule has 1 rings (SSSR count). The Morgan fingerprint density at radius 2 is 2.20 bits per heavy atom. The maximum atomic E-state index is 12.1. The zero-order valence-electron chi connectivity index (χ0n) is 9.66. The number of rotatable bonds is 3. The van der Waals surface area contributed by atoms with Gasteiger partial charge >= 0.3 is 0 Å². The fourth-order valence-electron chi connectivity index (χ4n) is 1.98. The van der Waals surface area contributed by atoms with Crippen molar-refractivity contribution in [2.75, 3.05) is 19.0 Å². The van der Waals surface area contributed by atoms with E-state index in [4.69, 9.17) is 11.6 Å². The summed E-state index contributed by atoms with van der Waals surface area (Å²) in [5.74, 6) is 0.750. The van der Waals surface area contributed by atoms with Crippen molar-refractivity contribution in [1.82, 2.24) is 4.90 Å². The zero-order valence-corrected chi connectivity index (χ0v) is 10.4. The summed E-state index contributed by atoms with van der Waals surface area (Å²) in [6.07, 6.45) is 0.968. The van der Waals surface area contributed by atoms with Gasteiger partial charge in [0.15, 0.2) is 0 Å². The Bertz CT molecular complexity index is 243. The molecule has 0 saturated carbocycles. The molecule has 0 aromatic heterocycles. The van der Waals surface area contributed by atoms with E-state index in [9.17, 15) is 9.90 Å². The number of aliphatic hydroxyl groups is 1. The minimum absolute atomic E-state index is 0.0278. The number of likely N-dealkylation sites (tertiary alicyclic amines) is 1. The molecule has 1 aliphatic heterocycles. The van der Waals surface area contributed by atoms with E-state index >= 15 is 0 Å². The van der Waals surface area contributed by atoms with Gasteiger partial charge in [0.2, 0.25) is 5.91 Å². The summed E-state index contributed by atoms with van der Waals surface area (Å²) in [6.45, 7) is 6.55. The summed E-state index contributed by atoms with van der Waals surface area (Å²) in [6, 6.07) is -0.0278. The number of halogens is 1. The van der Waals surface area contributed by atoms with Crippen LogP contribution in [0.5, 0.6) is 0 Å². The number of carbonyl (C=O) groups is 1. The summed E-state index contributed by atoms with van der Waals surface area (Å²) in [4.78, 5) is 13.9. The molecule has 88 valence electrons. The molecule has 0 spiro atoms. The van der Waals surface area contributed by atoms with Gasteiger partial charge in [0.1, 0.15) is 0 Å². The molecule has 2 atom stereocenters. The Kier molecular flexibility index (Phi) is 4.01. The minimum Gasteiger partial charge on any atom is -0.394 e. The highest BCUT2D eigenvalue weighted by molar-refractivity contribution is 6.19. The molecule has 2 unspecified atom stereocenters. The van der Waals surface area contributed by atoms with Gasteiger partial charge in [-0.3, -0.25) is 4.79 Å². The van der Waals surface area contributed by atoms with Crippen LogP contribution in [0.1, 0.15) is 27.2 Å². The van der Waals surface area contributed by atoms with Crippen LogP contribution >= 0.6 is 11.6 Å². The van der Waals surface area contributed by atoms with Gasteiger partial charge in [-0.25, -0.2) is 0 Å². The lowest BCUT2D eigenvalue weighted by Crippen LogP contribution is -2.46. The van der Waals surface area contributed by atoms with E-state index in [0.29, 0.717) is 11.8 Å². The first-order valence-electron chi connectivity index (χ1n) is 5.42. The van der Waals surface area contributed by atoms with E-state index in [1.807, 2.05) is 13.8 Å². The number of nitrogens with zero attached hydrogens (tertiary/aromatic N) is 1. The second-order valence-corrected chi connectivity index (χ2v) is 5.30. The summed E-state index contributed by atoms with van der Waals surface area (Å²) < 4.78 is 0. The van der Waals surface area contributed by atoms with E-state index in [-0.39, 0.29) is 18.6 Å². The van der Waals surface area contributed by atoms with E-state index in [1.165, 1.54) is 0 Å². The number of aliphatic hydroxyl groups excluding tert-OH is 1. The van der Waals surface area contributed by atoms with Gasteiger partial charge in [-0.05, 0) is 26.2 Å². The number of hydrogen-bond donors (Lipinski definition) is 1. The molecule has 0 aromatic rings. The molecule has 3 nitrogen and oxygen atoms in total. The molecule has 0 aliphatic carbocycles. The highest BCUT2D eigenvalue weighted by Crippen LogP contribution is 2.29. The first-order chi connectivity index (χ1) is 6.94. The van der Waals surface area contributed by atoms with E-state index < -0.39 is 5.41 Å². The summed E-state index contributed by atoms with van der Waals surface area (Å²) >= 11 is 5.78. The van der Waals surface area contributed by atoms with Gasteiger partial charge < -0.3 is 10.0 Å². The van der Waals surface area contributed by atoms with Gasteiger partial charge in [0.05, 0.1) is 18.1 Å². The van der Waals surface area contributed by atoms with E-state index in [2.05, 4.69) is 6.92 Å². The average molecular weight is 234 g/mol. The van der Waals surface area contributed by atoms with Crippen LogP contribution in [0, 0.1) is 11.3 Å². The number of alkyl halides is 1. The van der Waals surface area contributed by atoms with Crippen molar-refractivity contribution >= 4 is 17.5 Å². The minimum atomic E-state index is -0.529. The Balaban J connectivity index is 2.76. The van der Waals surface area contributed by atoms with Gasteiger partial charge in [-0.15, -0.1) is 11.6 Å². The van der Waals surface area contributed by atoms with Crippen LogP contribution in [-0.4, -0.2) is 41.0 Å². The summed E-state index contributed by atoms with van der Waals surface area (Å²) in [5.41, 5.74) is -0.529. The Hall–Kier alpha value is -0.280. The van der Waals surface area contributed by atoms with Crippen LogP contribution in [0.15, 0.2) is 0 Å². The summed E-state index contributed by atoms with van der Waals surface area (Å²) in [5, 5.41) is 9.27. The smallest absolute Gasteiger partial charge is 0.229 e. The molecular formula is C11H20ClNO2. The maximum absolute atomic E-state index is 12.1. The maximum Gasteiger partial charge on any atom is 0.229 e. The van der Waals surface area contributed by atoms with Crippen molar-refractivity contribution < 1.29 is 9.90 Å². The molecule has 1 heterocycles. The molecule has 1 saturated heterocycles. The van der Waals surface area contributed by atoms with Crippen molar-refractivity contribution in [1.29, 1.82) is 0 Å². The largest absolute Gasteiger partial charge is 0.394 e. The van der Waals surface area contributed by atoms with E-state index in [0.717, 1.165) is 13.0 Å². The summed E-state index contributed by atoms with van der Waals surface area (Å²) in [7, 11) is 0. The van der Waals surface area contributed by atoms with Crippen LogP contribution < -0.4 is 0 Å². The normalized spacial score (nSPS) is 27.1. The predicted molar refractivity (Wildman–Crippen MR) is 60.9 cm³/mol. The van der Waals surface area contributed by atoms with Crippen molar-refractivity contribution in [3.8, 4) is 0 Å². The van der Waals surface area contributed by atoms with Gasteiger partial charge in [0, 0.05) is 12.4 Å². The molecular weight excluding hydrogens is 214 g/mol. The molecule has 1 aliphatic rings. The van der Waals surface area contributed by atoms with E-state index in [1.54, 1.807) is 4.90 Å². The zero-order chi connectivity index (χ0) is 11.6. The van der Waals surface area contributed by atoms with Crippen molar-refractivity contribution in [2.45, 2.75) is 33.2 Å². The quantitative estimate of drug-likeness (QED) is 0.751. The molecule has 0 bridgehead atoms. The lowest BCUT2D eigenvalue weighted by molar-refractivity contribution is -0.141. The SMILES string of the molecule is CC1CCN(C(=O)C(C)(C)CCl)C1CO. The second-order valence-electron chi connectivity index (χ2n) is 5.03. The Morgan fingerprint density at radius 3 is 2.67 bits per heavy atom. The Morgan fingerprint density at radius 1 is 1.60 bits per heavy atom. The lowest BCUT2D eigenvalue weighted by Gasteiger charge is -2.32. The van der Waals surface area contributed by atoms with Gasteiger partial charge in [0.25, 0.3) is 0 Å². The number of amides is 1. The molecule has 1 amide bonds. The number of carbonyl (C=O) groups excluding carboxylic acids is 1. The van der Waals surface area contributed by atoms with Crippen molar-refractivity contribution in [2.24, 2.45) is 11.3 Å². The van der Waals surface area contributed by atoms with Crippen molar-refractivity contribution in [3.05, 3.63) is 0 Å². The molecule has 1 fully saturated rings. The molecule has 0 radical (unpaired) electrons. The van der Waals surface area contributed by atoms with Crippen LogP contribution in [0.2, 0.25) is 0 Å². The third-order valence-electron chi connectivity index (χ3n) is 3.24. The highest BCUT2D eigenvalue weighted by atomic mass is 35.5. The van der Waals surface area contributed by atoms with Gasteiger partial charge in [-0.1, -0.05) is 6.92 Å². The number of hydrogen-bond acceptors (Lipinski definition) is 2. The molecule has 1 N–H and O–H groups in total. The predicted octanol–water partition coefficient (Wildman–Crippen LogP) is 1.48. The second kappa shape index (κ2) is 4.71. The standard InChI is InChI=1S/C11H20ClNO2/c1-8-4-5-13(9(8)6-14)10(15)11(2,3)7-12/h8-9,14H,4-7H2,1-3H3. The van der Waals surface area contributed by atoms with Crippen molar-refractivity contribution in [3.63, 3.8) is 0 Å². The Labute approximate surface area is 96.4 Å². The first kappa shape index (κ1) is 12.8. The lowest BCUT2D eigenvalue weighted by atomic mass is 9.93. The highest BCUT2D eigenvalue weighted by Gasteiger charge is 2.39. The molecule has 4 heteroatoms. The topological polar surface area (TPSA) is 40.5 Å².